The molecule has 1 heterocycles. The van der Waals surface area contributed by atoms with E-state index in [1.165, 1.54) is 6.07 Å². The average molecular weight is 213 g/mol. The summed E-state index contributed by atoms with van der Waals surface area (Å²) in [5.41, 5.74) is -0.414. The van der Waals surface area contributed by atoms with Gasteiger partial charge in [-0.3, -0.25) is 0 Å². The summed E-state index contributed by atoms with van der Waals surface area (Å²) in [4.78, 5) is 3.54. The summed E-state index contributed by atoms with van der Waals surface area (Å²) in [6, 6.07) is 3.37. The lowest BCUT2D eigenvalue weighted by atomic mass is 10.3. The lowest BCUT2D eigenvalue weighted by molar-refractivity contribution is 0.451. The summed E-state index contributed by atoms with van der Waals surface area (Å²) in [6.07, 6.45) is 1.04. The summed E-state index contributed by atoms with van der Waals surface area (Å²) in [7, 11) is 0. The molecule has 15 heavy (non-hydrogen) atoms. The van der Waals surface area contributed by atoms with Crippen molar-refractivity contribution in [2.45, 2.75) is 6.67 Å². The van der Waals surface area contributed by atoms with E-state index in [9.17, 15) is 13.2 Å². The summed E-state index contributed by atoms with van der Waals surface area (Å²) in [6.45, 7) is -0.937. The summed E-state index contributed by atoms with van der Waals surface area (Å²) >= 11 is 0. The van der Waals surface area contributed by atoms with Crippen LogP contribution in [0.1, 0.15) is 5.82 Å². The third-order valence-corrected chi connectivity index (χ3v) is 1.89. The monoisotopic (exact) mass is 213 g/mol. The fraction of sp³-hybridized carbons (Fsp3) is 0.111. The van der Waals surface area contributed by atoms with Gasteiger partial charge in [0.15, 0.2) is 17.5 Å². The Labute approximate surface area is 83.2 Å². The average Bonchev–Trinajstić information content (AvgIpc) is 2.65. The van der Waals surface area contributed by atoms with Gasteiger partial charge in [0.05, 0.1) is 0 Å². The number of hydrogen-bond acceptors (Lipinski definition) is 2. The van der Waals surface area contributed by atoms with Gasteiger partial charge in [0, 0.05) is 0 Å². The van der Waals surface area contributed by atoms with Crippen LogP contribution in [0.25, 0.3) is 5.69 Å². The first-order valence-corrected chi connectivity index (χ1v) is 4.13. The molecular formula is C9H6F3N3. The maximum atomic E-state index is 13.3. The molecule has 0 unspecified atom stereocenters. The molecule has 2 aromatic rings. The highest BCUT2D eigenvalue weighted by molar-refractivity contribution is 5.34. The topological polar surface area (TPSA) is 30.7 Å². The first-order valence-electron chi connectivity index (χ1n) is 4.13. The molecule has 1 aromatic heterocycles. The summed E-state index contributed by atoms with van der Waals surface area (Å²) in [5.74, 6) is -1.76. The molecule has 0 N–H and O–H groups in total. The van der Waals surface area contributed by atoms with Gasteiger partial charge in [-0.2, -0.15) is 5.10 Å². The molecule has 0 aliphatic rings. The highest BCUT2D eigenvalue weighted by Gasteiger charge is 2.14. The van der Waals surface area contributed by atoms with E-state index >= 15 is 0 Å². The second-order valence-corrected chi connectivity index (χ2v) is 2.79. The van der Waals surface area contributed by atoms with E-state index in [-0.39, 0.29) is 5.82 Å². The van der Waals surface area contributed by atoms with Crippen LogP contribution in [-0.4, -0.2) is 14.8 Å². The summed E-state index contributed by atoms with van der Waals surface area (Å²) < 4.78 is 39.8. The highest BCUT2D eigenvalue weighted by Crippen LogP contribution is 2.17. The second-order valence-electron chi connectivity index (χ2n) is 2.79. The van der Waals surface area contributed by atoms with Gasteiger partial charge >= 0.3 is 0 Å². The van der Waals surface area contributed by atoms with E-state index in [0.29, 0.717) is 0 Å². The van der Waals surface area contributed by atoms with Crippen molar-refractivity contribution >= 4 is 0 Å². The second kappa shape index (κ2) is 3.72. The molecule has 3 nitrogen and oxygen atoms in total. The van der Waals surface area contributed by atoms with Crippen LogP contribution in [-0.2, 0) is 6.67 Å². The van der Waals surface area contributed by atoms with Crippen molar-refractivity contribution in [2.75, 3.05) is 0 Å². The quantitative estimate of drug-likeness (QED) is 0.764. The number of alkyl halides is 1. The van der Waals surface area contributed by atoms with Gasteiger partial charge in [-0.25, -0.2) is 22.8 Å². The Hall–Kier alpha value is -1.85. The Balaban J connectivity index is 2.63. The molecule has 78 valence electrons. The first kappa shape index (κ1) is 9.70. The zero-order valence-electron chi connectivity index (χ0n) is 7.49. The van der Waals surface area contributed by atoms with Crippen molar-refractivity contribution in [3.63, 3.8) is 0 Å². The van der Waals surface area contributed by atoms with Gasteiger partial charge < -0.3 is 0 Å². The largest absolute Gasteiger partial charge is 0.242 e. The Kier molecular flexibility index (Phi) is 2.40. The van der Waals surface area contributed by atoms with Gasteiger partial charge in [0.25, 0.3) is 0 Å². The van der Waals surface area contributed by atoms with Gasteiger partial charge in [-0.05, 0) is 12.1 Å². The van der Waals surface area contributed by atoms with Crippen LogP contribution >= 0.6 is 0 Å². The zero-order valence-corrected chi connectivity index (χ0v) is 7.49. The Morgan fingerprint density at radius 1 is 1.20 bits per heavy atom. The predicted octanol–water partition coefficient (Wildman–Crippen LogP) is 2.02. The highest BCUT2D eigenvalue weighted by atomic mass is 19.1. The first-order chi connectivity index (χ1) is 7.24. The minimum atomic E-state index is -0.937. The molecule has 2 rings (SSSR count). The van der Waals surface area contributed by atoms with Gasteiger partial charge in [0.1, 0.15) is 18.7 Å². The number of halogens is 3. The molecule has 6 heteroatoms. The molecule has 0 aliphatic carbocycles. The van der Waals surface area contributed by atoms with Crippen molar-refractivity contribution in [3.05, 3.63) is 42.0 Å². The molecular weight excluding hydrogens is 207 g/mol. The molecule has 0 aliphatic heterocycles. The zero-order chi connectivity index (χ0) is 10.8. The van der Waals surface area contributed by atoms with Crippen LogP contribution in [0.15, 0.2) is 24.5 Å². The van der Waals surface area contributed by atoms with Crippen LogP contribution in [0.2, 0.25) is 0 Å². The van der Waals surface area contributed by atoms with Crippen molar-refractivity contribution in [3.8, 4) is 5.69 Å². The van der Waals surface area contributed by atoms with Crippen LogP contribution in [0.3, 0.4) is 0 Å². The minimum absolute atomic E-state index is 0.140. The number of nitrogens with zero attached hydrogens (tertiary/aromatic N) is 3. The Bertz CT molecular complexity index is 461. The predicted molar refractivity (Wildman–Crippen MR) is 46.1 cm³/mol. The Morgan fingerprint density at radius 3 is 2.47 bits per heavy atom. The standard InChI is InChI=1S/C9H6F3N3/c10-4-8-13-5-14-15(8)9-6(11)2-1-3-7(9)12/h1-3,5H,4H2. The number of benzene rings is 1. The number of para-hydroxylation sites is 1. The van der Waals surface area contributed by atoms with Crippen molar-refractivity contribution < 1.29 is 13.2 Å². The van der Waals surface area contributed by atoms with E-state index < -0.39 is 24.0 Å². The molecule has 0 spiro atoms. The van der Waals surface area contributed by atoms with Crippen LogP contribution in [0.4, 0.5) is 13.2 Å². The number of aromatic nitrogens is 3. The van der Waals surface area contributed by atoms with Gasteiger partial charge in [-0.15, -0.1) is 0 Å². The van der Waals surface area contributed by atoms with E-state index in [4.69, 9.17) is 0 Å². The molecule has 0 saturated heterocycles. The van der Waals surface area contributed by atoms with Crippen LogP contribution in [0, 0.1) is 11.6 Å². The smallest absolute Gasteiger partial charge is 0.163 e. The number of rotatable bonds is 2. The van der Waals surface area contributed by atoms with Gasteiger partial charge in [0.2, 0.25) is 0 Å². The molecule has 1 aromatic carbocycles. The third-order valence-electron chi connectivity index (χ3n) is 1.89. The minimum Gasteiger partial charge on any atom is -0.242 e. The fourth-order valence-electron chi connectivity index (χ4n) is 1.23. The van der Waals surface area contributed by atoms with Crippen molar-refractivity contribution in [1.82, 2.24) is 14.8 Å². The van der Waals surface area contributed by atoms with Gasteiger partial charge in [-0.1, -0.05) is 6.07 Å². The van der Waals surface area contributed by atoms with E-state index in [1.807, 2.05) is 0 Å². The number of hydrogen-bond donors (Lipinski definition) is 0. The lowest BCUT2D eigenvalue weighted by Gasteiger charge is -2.05. The molecule has 0 amide bonds. The van der Waals surface area contributed by atoms with Crippen LogP contribution in [0.5, 0.6) is 0 Å². The maximum Gasteiger partial charge on any atom is 0.163 e. The van der Waals surface area contributed by atoms with Crippen LogP contribution < -0.4 is 0 Å². The van der Waals surface area contributed by atoms with Crippen molar-refractivity contribution in [2.24, 2.45) is 0 Å². The lowest BCUT2D eigenvalue weighted by Crippen LogP contribution is -2.06. The molecule has 0 bridgehead atoms. The Morgan fingerprint density at radius 2 is 1.87 bits per heavy atom. The maximum absolute atomic E-state index is 13.3. The fourth-order valence-corrected chi connectivity index (χ4v) is 1.23. The summed E-state index contributed by atoms with van der Waals surface area (Å²) in [5, 5.41) is 3.56. The normalized spacial score (nSPS) is 10.6. The molecule has 0 fully saturated rings. The molecule has 0 saturated carbocycles. The van der Waals surface area contributed by atoms with Crippen molar-refractivity contribution in [1.29, 1.82) is 0 Å². The SMILES string of the molecule is FCc1ncnn1-c1c(F)cccc1F. The molecule has 0 atom stereocenters. The molecule has 0 radical (unpaired) electrons. The third kappa shape index (κ3) is 1.58. The van der Waals surface area contributed by atoms with E-state index in [2.05, 4.69) is 10.1 Å². The van der Waals surface area contributed by atoms with E-state index in [1.54, 1.807) is 0 Å². The van der Waals surface area contributed by atoms with E-state index in [0.717, 1.165) is 23.1 Å².